The van der Waals surface area contributed by atoms with Gasteiger partial charge in [0.15, 0.2) is 17.2 Å². The zero-order valence-electron chi connectivity index (χ0n) is 21.4. The fourth-order valence-corrected chi connectivity index (χ4v) is 5.06. The quantitative estimate of drug-likeness (QED) is 0.454. The molecule has 2 aliphatic rings. The van der Waals surface area contributed by atoms with E-state index in [1.54, 1.807) is 37.3 Å². The Labute approximate surface area is 227 Å². The van der Waals surface area contributed by atoms with E-state index in [1.807, 2.05) is 0 Å². The van der Waals surface area contributed by atoms with Crippen molar-refractivity contribution < 1.29 is 32.7 Å². The number of rotatable bonds is 7. The van der Waals surface area contributed by atoms with Gasteiger partial charge >= 0.3 is 0 Å². The minimum absolute atomic E-state index is 0.00739. The third kappa shape index (κ3) is 4.90. The molecule has 2 aliphatic heterocycles. The van der Waals surface area contributed by atoms with E-state index in [-0.39, 0.29) is 43.2 Å². The average Bonchev–Trinajstić information content (AvgIpc) is 3.05. The second-order valence-electron chi connectivity index (χ2n) is 9.83. The molecule has 0 spiro atoms. The van der Waals surface area contributed by atoms with Crippen LogP contribution >= 0.6 is 0 Å². The fourth-order valence-electron chi connectivity index (χ4n) is 5.06. The summed E-state index contributed by atoms with van der Waals surface area (Å²) < 4.78 is 34.5. The lowest BCUT2D eigenvalue weighted by atomic mass is 9.96. The lowest BCUT2D eigenvalue weighted by molar-refractivity contribution is -0.124. The van der Waals surface area contributed by atoms with Gasteiger partial charge in [0.25, 0.3) is 11.8 Å². The van der Waals surface area contributed by atoms with Crippen molar-refractivity contribution >= 4 is 23.9 Å². The second-order valence-corrected chi connectivity index (χ2v) is 9.83. The number of nitrogens with zero attached hydrogens (tertiary/aromatic N) is 2. The van der Waals surface area contributed by atoms with Crippen molar-refractivity contribution in [2.45, 2.75) is 38.6 Å². The van der Waals surface area contributed by atoms with Gasteiger partial charge in [0, 0.05) is 49.3 Å². The number of carbonyl (C=O) groups is 4. The summed E-state index contributed by atoms with van der Waals surface area (Å²) in [5, 5.41) is 2.44. The molecule has 3 aromatic rings. The van der Waals surface area contributed by atoms with Gasteiger partial charge in [0.05, 0.1) is 0 Å². The average molecular weight is 550 g/mol. The Morgan fingerprint density at radius 1 is 1.12 bits per heavy atom. The first-order valence-electron chi connectivity index (χ1n) is 12.7. The van der Waals surface area contributed by atoms with Crippen molar-refractivity contribution in [3.63, 3.8) is 0 Å². The topological polar surface area (TPSA) is 115 Å². The molecule has 1 aromatic heterocycles. The number of aldehydes is 1. The van der Waals surface area contributed by atoms with Gasteiger partial charge in [0.1, 0.15) is 36.1 Å². The summed E-state index contributed by atoms with van der Waals surface area (Å²) in [7, 11) is 0. The Morgan fingerprint density at radius 2 is 1.88 bits per heavy atom. The highest BCUT2D eigenvalue weighted by atomic mass is 19.1. The molecule has 3 atom stereocenters. The Kier molecular flexibility index (Phi) is 7.29. The third-order valence-corrected chi connectivity index (χ3v) is 7.38. The van der Waals surface area contributed by atoms with Crippen molar-refractivity contribution in [2.75, 3.05) is 6.54 Å². The number of aromatic nitrogens is 1. The van der Waals surface area contributed by atoms with Crippen LogP contribution < -0.4 is 15.5 Å². The molecule has 11 heteroatoms. The van der Waals surface area contributed by atoms with E-state index in [0.29, 0.717) is 17.9 Å². The lowest BCUT2D eigenvalue weighted by Gasteiger charge is -2.37. The van der Waals surface area contributed by atoms with E-state index < -0.39 is 58.2 Å². The largest absolute Gasteiger partial charge is 0.483 e. The van der Waals surface area contributed by atoms with E-state index in [1.165, 1.54) is 15.5 Å². The van der Waals surface area contributed by atoms with Gasteiger partial charge < -0.3 is 24.3 Å². The number of benzene rings is 2. The molecule has 0 radical (unpaired) electrons. The number of hydrogen-bond acceptors (Lipinski definition) is 6. The number of ketones is 1. The molecule has 0 saturated carbocycles. The van der Waals surface area contributed by atoms with Gasteiger partial charge in [0.2, 0.25) is 5.43 Å². The molecule has 2 aromatic carbocycles. The number of Topliss-reactive ketones (excluding diaryl/α,β-unsaturated/α-hetero) is 1. The normalized spacial score (nSPS) is 20.0. The summed E-state index contributed by atoms with van der Waals surface area (Å²) in [6.45, 7) is 1.17. The van der Waals surface area contributed by atoms with Crippen LogP contribution in [-0.2, 0) is 22.7 Å². The number of hydrogen-bond donors (Lipinski definition) is 1. The van der Waals surface area contributed by atoms with Gasteiger partial charge in [-0.05, 0) is 18.6 Å². The maximum absolute atomic E-state index is 14.1. The van der Waals surface area contributed by atoms with Crippen molar-refractivity contribution in [2.24, 2.45) is 5.92 Å². The van der Waals surface area contributed by atoms with Crippen molar-refractivity contribution in [1.82, 2.24) is 14.8 Å². The van der Waals surface area contributed by atoms with Crippen LogP contribution in [0.3, 0.4) is 0 Å². The minimum Gasteiger partial charge on any atom is -0.483 e. The van der Waals surface area contributed by atoms with Gasteiger partial charge in [-0.1, -0.05) is 36.4 Å². The number of pyridine rings is 1. The molecule has 1 N–H and O–H groups in total. The summed E-state index contributed by atoms with van der Waals surface area (Å²) in [6.07, 6.45) is 1.66. The molecule has 9 nitrogen and oxygen atoms in total. The molecule has 0 unspecified atom stereocenters. The van der Waals surface area contributed by atoms with Gasteiger partial charge in [-0.25, -0.2) is 8.78 Å². The fraction of sp³-hybridized carbons (Fsp3) is 0.276. The smallest absolute Gasteiger partial charge is 0.274 e. The predicted octanol–water partition coefficient (Wildman–Crippen LogP) is 2.81. The molecule has 3 heterocycles. The lowest BCUT2D eigenvalue weighted by Crippen LogP contribution is -2.50. The summed E-state index contributed by atoms with van der Waals surface area (Å²) in [6, 6.07) is 10.2. The zero-order valence-corrected chi connectivity index (χ0v) is 21.4. The van der Waals surface area contributed by atoms with Crippen LogP contribution in [0.4, 0.5) is 8.78 Å². The summed E-state index contributed by atoms with van der Waals surface area (Å²) in [5.74, 6) is -4.63. The van der Waals surface area contributed by atoms with E-state index >= 15 is 0 Å². The molecule has 0 aliphatic carbocycles. The van der Waals surface area contributed by atoms with Crippen molar-refractivity contribution in [3.8, 4) is 5.75 Å². The summed E-state index contributed by atoms with van der Waals surface area (Å²) in [5.41, 5.74) is -0.821. The SMILES string of the molecule is C[C@H]1[C@@H](C=O)CC(=O)[C@H]2CN1C(=O)c1c(OCc3ccccc3)c(=O)c(C(=O)NCc3ccc(F)cc3F)cn12. The highest BCUT2D eigenvalue weighted by molar-refractivity contribution is 6.01. The van der Waals surface area contributed by atoms with Crippen LogP contribution in [0, 0.1) is 17.6 Å². The van der Waals surface area contributed by atoms with E-state index in [2.05, 4.69) is 5.32 Å². The molecule has 1 saturated heterocycles. The van der Waals surface area contributed by atoms with E-state index in [9.17, 15) is 32.8 Å². The van der Waals surface area contributed by atoms with Crippen molar-refractivity contribution in [3.05, 3.63) is 99.0 Å². The Morgan fingerprint density at radius 3 is 2.58 bits per heavy atom. The maximum atomic E-state index is 14.1. The first kappa shape index (κ1) is 26.9. The molecule has 2 bridgehead atoms. The third-order valence-electron chi connectivity index (χ3n) is 7.38. The van der Waals surface area contributed by atoms with Gasteiger partial charge in [-0.3, -0.25) is 19.2 Å². The number of halogens is 2. The van der Waals surface area contributed by atoms with Gasteiger partial charge in [-0.2, -0.15) is 0 Å². The highest BCUT2D eigenvalue weighted by Crippen LogP contribution is 2.35. The maximum Gasteiger partial charge on any atom is 0.274 e. The van der Waals surface area contributed by atoms with E-state index in [4.69, 9.17) is 4.74 Å². The van der Waals surface area contributed by atoms with Crippen LogP contribution in [0.2, 0.25) is 0 Å². The predicted molar refractivity (Wildman–Crippen MR) is 138 cm³/mol. The number of fused-ring (bicyclic) bond motifs is 4. The molecule has 2 amide bonds. The van der Waals surface area contributed by atoms with E-state index in [0.717, 1.165) is 12.3 Å². The number of ether oxygens (including phenoxy) is 1. The number of nitrogens with one attached hydrogen (secondary N) is 1. The Hall–Kier alpha value is -4.67. The molecule has 40 heavy (non-hydrogen) atoms. The molecular formula is C29H25F2N3O6. The zero-order chi connectivity index (χ0) is 28.6. The van der Waals surface area contributed by atoms with Crippen LogP contribution in [0.25, 0.3) is 0 Å². The first-order valence-corrected chi connectivity index (χ1v) is 12.7. The standard InChI is InChI=1S/C29H25F2N3O6/c1-16-19(14-35)9-24(36)23-13-33(16)29(39)25-27(40-15-17-5-3-2-4-6-17)26(37)21(12-34(23)25)28(38)32-11-18-7-8-20(30)10-22(18)31/h2-8,10,12,14,16,19,23H,9,11,13,15H2,1H3,(H,32,38)/t16-,19+,23+/m0/s1. The summed E-state index contributed by atoms with van der Waals surface area (Å²) in [4.78, 5) is 66.8. The Bertz CT molecular complexity index is 1570. The molecule has 206 valence electrons. The minimum atomic E-state index is -0.958. The Balaban J connectivity index is 1.58. The van der Waals surface area contributed by atoms with Crippen LogP contribution in [0.1, 0.15) is 51.4 Å². The second kappa shape index (κ2) is 10.8. The molecule has 1 fully saturated rings. The number of amides is 2. The summed E-state index contributed by atoms with van der Waals surface area (Å²) >= 11 is 0. The molecule has 5 rings (SSSR count). The number of carbonyl (C=O) groups excluding carboxylic acids is 4. The highest BCUT2D eigenvalue weighted by Gasteiger charge is 2.45. The van der Waals surface area contributed by atoms with Crippen molar-refractivity contribution in [1.29, 1.82) is 0 Å². The first-order chi connectivity index (χ1) is 19.2. The van der Waals surface area contributed by atoms with Gasteiger partial charge in [-0.15, -0.1) is 0 Å². The molecular weight excluding hydrogens is 524 g/mol. The van der Waals surface area contributed by atoms with Crippen LogP contribution in [0.15, 0.2) is 59.5 Å². The monoisotopic (exact) mass is 549 g/mol. The van der Waals surface area contributed by atoms with Crippen LogP contribution in [-0.4, -0.2) is 45.9 Å². The van der Waals surface area contributed by atoms with Crippen LogP contribution in [0.5, 0.6) is 5.75 Å².